The minimum atomic E-state index is 0. The summed E-state index contributed by atoms with van der Waals surface area (Å²) in [6.07, 6.45) is 6.60. The van der Waals surface area contributed by atoms with Gasteiger partial charge >= 0.3 is 20.4 Å². The molecule has 0 saturated carbocycles. The Labute approximate surface area is 137 Å². The summed E-state index contributed by atoms with van der Waals surface area (Å²) in [5.74, 6) is 0. The molecule has 0 unspecified atom stereocenters. The van der Waals surface area contributed by atoms with Crippen LogP contribution in [0.3, 0.4) is 0 Å². The number of carbonyl (C=O) groups excluding carboxylic acids is 2. The summed E-state index contributed by atoms with van der Waals surface area (Å²) < 4.78 is 0. The van der Waals surface area contributed by atoms with Crippen LogP contribution < -0.4 is 0 Å². The third-order valence-electron chi connectivity index (χ3n) is 2.34. The number of hydrogen-bond acceptors (Lipinski definition) is 4. The Kier molecular flexibility index (Phi) is 9.78. The van der Waals surface area contributed by atoms with Gasteiger partial charge in [-0.05, 0) is 12.1 Å². The second-order valence-electron chi connectivity index (χ2n) is 3.62. The molecular weight excluding hydrogens is 359 g/mol. The van der Waals surface area contributed by atoms with Crippen LogP contribution in [0.1, 0.15) is 13.8 Å². The van der Waals surface area contributed by atoms with E-state index in [1.54, 1.807) is 12.4 Å². The molecule has 0 spiro atoms. The molecule has 0 bridgehead atoms. The van der Waals surface area contributed by atoms with E-state index in [0.29, 0.717) is 0 Å². The second-order valence-corrected chi connectivity index (χ2v) is 3.62. The van der Waals surface area contributed by atoms with Crippen LogP contribution in [0.25, 0.3) is 21.8 Å². The minimum absolute atomic E-state index is 0. The predicted octanol–water partition coefficient (Wildman–Crippen LogP) is 3.01. The van der Waals surface area contributed by atoms with Crippen LogP contribution in [0.4, 0.5) is 0 Å². The first kappa shape index (κ1) is 19.0. The molecule has 0 atom stereocenters. The van der Waals surface area contributed by atoms with E-state index in [4.69, 9.17) is 9.59 Å². The minimum Gasteiger partial charge on any atom is -0.542 e. The summed E-state index contributed by atoms with van der Waals surface area (Å²) in [6, 6.07) is 12.1. The van der Waals surface area contributed by atoms with Crippen molar-refractivity contribution in [1.82, 2.24) is 9.97 Å². The maximum Gasteiger partial charge on any atom is 2.00 e. The average molecular weight is 373 g/mol. The van der Waals surface area contributed by atoms with E-state index in [2.05, 4.69) is 34.2 Å². The topological polar surface area (TPSA) is 59.9 Å². The summed E-state index contributed by atoms with van der Waals surface area (Å²) in [6.45, 7) is 2.64. The summed E-state index contributed by atoms with van der Waals surface area (Å²) >= 11 is 0. The van der Waals surface area contributed by atoms with Gasteiger partial charge in [-0.2, -0.15) is 13.8 Å². The first-order valence-electron chi connectivity index (χ1n) is 5.94. The van der Waals surface area contributed by atoms with Gasteiger partial charge < -0.3 is 9.59 Å². The summed E-state index contributed by atoms with van der Waals surface area (Å²) in [4.78, 5) is 26.1. The van der Waals surface area contributed by atoms with E-state index >= 15 is 0 Å². The van der Waals surface area contributed by atoms with E-state index in [0.717, 1.165) is 21.8 Å². The van der Waals surface area contributed by atoms with E-state index in [1.807, 2.05) is 12.1 Å². The molecule has 0 aliphatic rings. The van der Waals surface area contributed by atoms with Crippen molar-refractivity contribution >= 4 is 34.4 Å². The molecule has 0 fully saturated rings. The zero-order valence-electron chi connectivity index (χ0n) is 11.6. The molecule has 5 heteroatoms. The van der Waals surface area contributed by atoms with Gasteiger partial charge in [-0.3, -0.25) is 22.5 Å². The smallest absolute Gasteiger partial charge is 0.542 e. The molecule has 110 valence electrons. The second kappa shape index (κ2) is 10.8. The first-order chi connectivity index (χ1) is 9.78. The van der Waals surface area contributed by atoms with Gasteiger partial charge in [0, 0.05) is 23.2 Å². The van der Waals surface area contributed by atoms with Gasteiger partial charge in [0.1, 0.15) is 0 Å². The Morgan fingerprint density at radius 1 is 0.762 bits per heavy atom. The molecule has 0 radical (unpaired) electrons. The van der Waals surface area contributed by atoms with Crippen LogP contribution >= 0.6 is 0 Å². The van der Waals surface area contributed by atoms with Gasteiger partial charge in [0.15, 0.2) is 0 Å². The Balaban J connectivity index is 0.000000502. The van der Waals surface area contributed by atoms with Crippen molar-refractivity contribution in [1.29, 1.82) is 0 Å². The molecule has 2 heterocycles. The van der Waals surface area contributed by atoms with Crippen LogP contribution in [0.5, 0.6) is 0 Å². The van der Waals surface area contributed by atoms with Gasteiger partial charge in [0.2, 0.25) is 0 Å². The van der Waals surface area contributed by atoms with Crippen LogP contribution in [-0.2, 0) is 30.0 Å². The van der Waals surface area contributed by atoms with Gasteiger partial charge in [-0.1, -0.05) is 24.3 Å². The van der Waals surface area contributed by atoms with Crippen molar-refractivity contribution in [2.24, 2.45) is 0 Å². The van der Waals surface area contributed by atoms with Crippen molar-refractivity contribution in [3.63, 3.8) is 0 Å². The molecule has 3 aromatic rings. The molecule has 2 aromatic heterocycles. The molecule has 4 nitrogen and oxygen atoms in total. The largest absolute Gasteiger partial charge is 2.00 e. The Hall–Kier alpha value is -1.96. The van der Waals surface area contributed by atoms with Crippen molar-refractivity contribution in [2.45, 2.75) is 13.8 Å². The number of aromatic nitrogens is 2. The number of fused-ring (bicyclic) bond motifs is 3. The predicted molar refractivity (Wildman–Crippen MR) is 79.8 cm³/mol. The molecule has 3 rings (SSSR count). The van der Waals surface area contributed by atoms with Crippen molar-refractivity contribution in [2.75, 3.05) is 0 Å². The van der Waals surface area contributed by atoms with Gasteiger partial charge in [0.25, 0.3) is 0 Å². The van der Waals surface area contributed by atoms with E-state index < -0.39 is 0 Å². The van der Waals surface area contributed by atoms with E-state index in [-0.39, 0.29) is 20.4 Å². The van der Waals surface area contributed by atoms with Crippen LogP contribution in [0.2, 0.25) is 0 Å². The number of hydrogen-bond donors (Lipinski definition) is 0. The molecule has 21 heavy (non-hydrogen) atoms. The molecule has 0 amide bonds. The SMILES string of the molecule is C[C-]=O.C[C-]=O.[Pd+2].c1cnc2c(c1)ccc1cccnc12. The van der Waals surface area contributed by atoms with Gasteiger partial charge in [0.05, 0.1) is 11.0 Å². The van der Waals surface area contributed by atoms with Gasteiger partial charge in [-0.15, -0.1) is 0 Å². The molecule has 1 aromatic carbocycles. The molecule has 0 N–H and O–H groups in total. The third kappa shape index (κ3) is 5.51. The van der Waals surface area contributed by atoms with Crippen molar-refractivity contribution < 1.29 is 30.0 Å². The first-order valence-corrected chi connectivity index (χ1v) is 5.94. The van der Waals surface area contributed by atoms with Gasteiger partial charge in [-0.25, -0.2) is 0 Å². The molecule has 0 aliphatic carbocycles. The quantitative estimate of drug-likeness (QED) is 0.346. The monoisotopic (exact) mass is 372 g/mol. The Morgan fingerprint density at radius 3 is 1.43 bits per heavy atom. The zero-order chi connectivity index (χ0) is 14.8. The average Bonchev–Trinajstić information content (AvgIpc) is 2.49. The fraction of sp³-hybridized carbons (Fsp3) is 0.125. The normalized spacial score (nSPS) is 8.48. The zero-order valence-corrected chi connectivity index (χ0v) is 13.2. The summed E-state index contributed by atoms with van der Waals surface area (Å²) in [5, 5.41) is 2.28. The summed E-state index contributed by atoms with van der Waals surface area (Å²) in [5.41, 5.74) is 1.95. The molecule has 0 saturated heterocycles. The number of nitrogens with zero attached hydrogens (tertiary/aromatic N) is 2. The van der Waals surface area contributed by atoms with Crippen LogP contribution in [-0.4, -0.2) is 22.5 Å². The number of pyridine rings is 2. The fourth-order valence-corrected chi connectivity index (χ4v) is 1.68. The number of benzene rings is 1. The fourth-order valence-electron chi connectivity index (χ4n) is 1.68. The molecular formula is C16H14N2O2Pd. The maximum atomic E-state index is 8.68. The van der Waals surface area contributed by atoms with E-state index in [9.17, 15) is 0 Å². The Bertz CT molecular complexity index is 641. The number of rotatable bonds is 0. The van der Waals surface area contributed by atoms with E-state index in [1.165, 1.54) is 26.4 Å². The maximum absolute atomic E-state index is 8.68. The third-order valence-corrected chi connectivity index (χ3v) is 2.34. The summed E-state index contributed by atoms with van der Waals surface area (Å²) in [7, 11) is 0. The molecule has 0 aliphatic heterocycles. The van der Waals surface area contributed by atoms with Crippen LogP contribution in [0, 0.1) is 0 Å². The Morgan fingerprint density at radius 2 is 1.10 bits per heavy atom. The van der Waals surface area contributed by atoms with Crippen LogP contribution in [0.15, 0.2) is 48.8 Å². The van der Waals surface area contributed by atoms with Crippen molar-refractivity contribution in [3.05, 3.63) is 48.8 Å². The van der Waals surface area contributed by atoms with Crippen molar-refractivity contribution in [3.8, 4) is 0 Å². The standard InChI is InChI=1S/C12H8N2.2C2H3O.Pd/c1-3-9-5-6-10-4-2-8-14-12(10)11(9)13-7-1;2*1-2-3;/h1-8H;2*1H3;/q;2*-1;+2.